The lowest BCUT2D eigenvalue weighted by atomic mass is 10.2. The van der Waals surface area contributed by atoms with Crippen molar-refractivity contribution in [2.24, 2.45) is 0 Å². The highest BCUT2D eigenvalue weighted by molar-refractivity contribution is 7.98. The monoisotopic (exact) mass is 382 g/mol. The standard InChI is InChI=1S/C20H22N4S2/c1-13-9-14(2)22-19(21-13)25-11-17-5-7-18(8-6-17)12-26-20-23-15(3)10-16(4)24-20/h5-10H,11-12H2,1-4H3. The summed E-state index contributed by atoms with van der Waals surface area (Å²) in [5.41, 5.74) is 6.60. The van der Waals surface area contributed by atoms with Gasteiger partial charge in [0.15, 0.2) is 10.3 Å². The Labute approximate surface area is 163 Å². The third-order valence-electron chi connectivity index (χ3n) is 3.68. The van der Waals surface area contributed by atoms with Crippen molar-refractivity contribution in [2.75, 3.05) is 0 Å². The highest BCUT2D eigenvalue weighted by Gasteiger charge is 2.04. The molecule has 0 saturated heterocycles. The second-order valence-electron chi connectivity index (χ2n) is 6.26. The number of aromatic nitrogens is 4. The van der Waals surface area contributed by atoms with Gasteiger partial charge >= 0.3 is 0 Å². The highest BCUT2D eigenvalue weighted by atomic mass is 32.2. The molecular weight excluding hydrogens is 360 g/mol. The van der Waals surface area contributed by atoms with Gasteiger partial charge in [-0.05, 0) is 51.0 Å². The molecule has 0 saturated carbocycles. The van der Waals surface area contributed by atoms with E-state index in [9.17, 15) is 0 Å². The van der Waals surface area contributed by atoms with Crippen molar-refractivity contribution >= 4 is 23.5 Å². The number of benzene rings is 1. The number of nitrogens with zero attached hydrogens (tertiary/aromatic N) is 4. The van der Waals surface area contributed by atoms with Crippen LogP contribution in [0.15, 0.2) is 46.7 Å². The van der Waals surface area contributed by atoms with Gasteiger partial charge in [-0.2, -0.15) is 0 Å². The summed E-state index contributed by atoms with van der Waals surface area (Å²) in [6.07, 6.45) is 0. The van der Waals surface area contributed by atoms with Gasteiger partial charge in [-0.15, -0.1) is 0 Å². The van der Waals surface area contributed by atoms with Gasteiger partial charge in [0, 0.05) is 34.3 Å². The lowest BCUT2D eigenvalue weighted by molar-refractivity contribution is 0.901. The van der Waals surface area contributed by atoms with Crippen LogP contribution in [0.1, 0.15) is 33.9 Å². The Morgan fingerprint density at radius 2 is 0.885 bits per heavy atom. The first-order valence-corrected chi connectivity index (χ1v) is 10.4. The number of thioether (sulfide) groups is 2. The second kappa shape index (κ2) is 8.64. The van der Waals surface area contributed by atoms with E-state index in [-0.39, 0.29) is 0 Å². The largest absolute Gasteiger partial charge is 0.228 e. The first-order chi connectivity index (χ1) is 12.5. The van der Waals surface area contributed by atoms with Crippen molar-refractivity contribution in [3.8, 4) is 0 Å². The molecule has 0 aliphatic rings. The lowest BCUT2D eigenvalue weighted by Gasteiger charge is -2.06. The molecule has 0 amide bonds. The van der Waals surface area contributed by atoms with Crippen LogP contribution < -0.4 is 0 Å². The maximum atomic E-state index is 4.48. The third kappa shape index (κ3) is 5.54. The molecule has 0 radical (unpaired) electrons. The summed E-state index contributed by atoms with van der Waals surface area (Å²) < 4.78 is 0. The zero-order valence-electron chi connectivity index (χ0n) is 15.5. The van der Waals surface area contributed by atoms with Crippen LogP contribution >= 0.6 is 23.5 Å². The molecule has 0 spiro atoms. The average Bonchev–Trinajstić information content (AvgIpc) is 2.57. The summed E-state index contributed by atoms with van der Waals surface area (Å²) in [5.74, 6) is 1.74. The van der Waals surface area contributed by atoms with Crippen LogP contribution in [0.4, 0.5) is 0 Å². The fourth-order valence-corrected chi connectivity index (χ4v) is 4.35. The summed E-state index contributed by atoms with van der Waals surface area (Å²) in [5, 5.41) is 1.68. The second-order valence-corrected chi connectivity index (χ2v) is 8.15. The summed E-state index contributed by atoms with van der Waals surface area (Å²) in [7, 11) is 0. The zero-order chi connectivity index (χ0) is 18.5. The SMILES string of the molecule is Cc1cc(C)nc(SCc2ccc(CSc3nc(C)cc(C)n3)cc2)n1. The van der Waals surface area contributed by atoms with Gasteiger partial charge in [-0.3, -0.25) is 0 Å². The van der Waals surface area contributed by atoms with E-state index in [4.69, 9.17) is 0 Å². The summed E-state index contributed by atoms with van der Waals surface area (Å²) in [6, 6.07) is 12.7. The maximum Gasteiger partial charge on any atom is 0.188 e. The van der Waals surface area contributed by atoms with Crippen LogP contribution in [0.5, 0.6) is 0 Å². The average molecular weight is 383 g/mol. The minimum Gasteiger partial charge on any atom is -0.228 e. The number of hydrogen-bond acceptors (Lipinski definition) is 6. The predicted octanol–water partition coefficient (Wildman–Crippen LogP) is 5.08. The van der Waals surface area contributed by atoms with Crippen molar-refractivity contribution in [1.29, 1.82) is 0 Å². The van der Waals surface area contributed by atoms with Crippen molar-refractivity contribution in [3.05, 3.63) is 70.3 Å². The zero-order valence-corrected chi connectivity index (χ0v) is 17.1. The summed E-state index contributed by atoms with van der Waals surface area (Å²) >= 11 is 3.35. The molecule has 134 valence electrons. The van der Waals surface area contributed by atoms with Crippen LogP contribution in [0.25, 0.3) is 0 Å². The van der Waals surface area contributed by atoms with Gasteiger partial charge in [-0.25, -0.2) is 19.9 Å². The molecule has 1 aromatic carbocycles. The van der Waals surface area contributed by atoms with Crippen molar-refractivity contribution in [1.82, 2.24) is 19.9 Å². The Morgan fingerprint density at radius 3 is 1.19 bits per heavy atom. The Morgan fingerprint density at radius 1 is 0.577 bits per heavy atom. The summed E-state index contributed by atoms with van der Waals surface area (Å²) in [6.45, 7) is 8.02. The molecule has 3 rings (SSSR count). The molecule has 0 bridgehead atoms. The molecular formula is C20H22N4S2. The van der Waals surface area contributed by atoms with Crippen LogP contribution in [0.2, 0.25) is 0 Å². The van der Waals surface area contributed by atoms with E-state index in [2.05, 4.69) is 44.2 Å². The van der Waals surface area contributed by atoms with E-state index in [1.165, 1.54) is 11.1 Å². The summed E-state index contributed by atoms with van der Waals surface area (Å²) in [4.78, 5) is 17.9. The Balaban J connectivity index is 1.56. The van der Waals surface area contributed by atoms with Gasteiger partial charge < -0.3 is 0 Å². The van der Waals surface area contributed by atoms with Crippen LogP contribution in [-0.2, 0) is 11.5 Å². The molecule has 0 atom stereocenters. The molecule has 0 N–H and O–H groups in total. The normalized spacial score (nSPS) is 10.9. The van der Waals surface area contributed by atoms with Crippen molar-refractivity contribution in [3.63, 3.8) is 0 Å². The molecule has 3 aromatic rings. The molecule has 0 unspecified atom stereocenters. The molecule has 2 aromatic heterocycles. The molecule has 4 nitrogen and oxygen atoms in total. The molecule has 2 heterocycles. The molecule has 26 heavy (non-hydrogen) atoms. The van der Waals surface area contributed by atoms with Gasteiger partial charge in [0.1, 0.15) is 0 Å². The van der Waals surface area contributed by atoms with Gasteiger partial charge in [-0.1, -0.05) is 47.8 Å². The molecule has 0 aliphatic heterocycles. The lowest BCUT2D eigenvalue weighted by Crippen LogP contribution is -1.94. The van der Waals surface area contributed by atoms with E-state index in [1.54, 1.807) is 23.5 Å². The maximum absolute atomic E-state index is 4.48. The van der Waals surface area contributed by atoms with Crippen molar-refractivity contribution in [2.45, 2.75) is 49.5 Å². The fourth-order valence-electron chi connectivity index (χ4n) is 2.54. The first kappa shape index (κ1) is 18.9. The Bertz CT molecular complexity index is 780. The van der Waals surface area contributed by atoms with E-state index >= 15 is 0 Å². The van der Waals surface area contributed by atoms with Gasteiger partial charge in [0.05, 0.1) is 0 Å². The third-order valence-corrected chi connectivity index (χ3v) is 5.52. The Kier molecular flexibility index (Phi) is 6.27. The number of rotatable bonds is 6. The van der Waals surface area contributed by atoms with Crippen LogP contribution in [-0.4, -0.2) is 19.9 Å². The minimum atomic E-state index is 0.842. The molecule has 6 heteroatoms. The smallest absolute Gasteiger partial charge is 0.188 e. The van der Waals surface area contributed by atoms with Crippen LogP contribution in [0, 0.1) is 27.7 Å². The van der Waals surface area contributed by atoms with Gasteiger partial charge in [0.25, 0.3) is 0 Å². The number of hydrogen-bond donors (Lipinski definition) is 0. The highest BCUT2D eigenvalue weighted by Crippen LogP contribution is 2.23. The number of aryl methyl sites for hydroxylation is 4. The fraction of sp³-hybridized carbons (Fsp3) is 0.300. The first-order valence-electron chi connectivity index (χ1n) is 8.46. The van der Waals surface area contributed by atoms with E-state index in [1.807, 2.05) is 39.8 Å². The minimum absolute atomic E-state index is 0.842. The van der Waals surface area contributed by atoms with Gasteiger partial charge in [0.2, 0.25) is 0 Å². The Hall–Kier alpha value is -1.92. The van der Waals surface area contributed by atoms with Crippen LogP contribution in [0.3, 0.4) is 0 Å². The molecule has 0 fully saturated rings. The van der Waals surface area contributed by atoms with E-state index < -0.39 is 0 Å². The van der Waals surface area contributed by atoms with E-state index in [0.29, 0.717) is 0 Å². The topological polar surface area (TPSA) is 51.6 Å². The quantitative estimate of drug-likeness (QED) is 0.437. The van der Waals surface area contributed by atoms with Crippen molar-refractivity contribution < 1.29 is 0 Å². The van der Waals surface area contributed by atoms with E-state index in [0.717, 1.165) is 44.6 Å². The molecule has 0 aliphatic carbocycles. The predicted molar refractivity (Wildman–Crippen MR) is 109 cm³/mol.